The lowest BCUT2D eigenvalue weighted by atomic mass is 10.2. The average Bonchev–Trinajstić information content (AvgIpc) is 2.82. The van der Waals surface area contributed by atoms with Crippen LogP contribution in [0.3, 0.4) is 0 Å². The number of nitrogens with zero attached hydrogens (tertiary/aromatic N) is 1. The number of sulfonamides is 1. The molecule has 0 atom stereocenters. The van der Waals surface area contributed by atoms with Crippen LogP contribution in [0.15, 0.2) is 70.4 Å². The van der Waals surface area contributed by atoms with Crippen molar-refractivity contribution in [3.63, 3.8) is 0 Å². The van der Waals surface area contributed by atoms with Crippen LogP contribution in [0.25, 0.3) is 0 Å². The summed E-state index contributed by atoms with van der Waals surface area (Å²) in [6.45, 7) is 4.73. The predicted octanol–water partition coefficient (Wildman–Crippen LogP) is 4.02. The minimum atomic E-state index is -3.81. The first-order chi connectivity index (χ1) is 15.9. The molecule has 7 nitrogen and oxygen atoms in total. The number of aryl methyl sites for hydroxylation is 1. The van der Waals surface area contributed by atoms with Gasteiger partial charge < -0.3 is 14.0 Å². The molecular weight excluding hydrogens is 440 g/mol. The van der Waals surface area contributed by atoms with Crippen LogP contribution in [-0.2, 0) is 29.7 Å². The summed E-state index contributed by atoms with van der Waals surface area (Å²) in [5.74, 6) is 0.732. The molecule has 0 radical (unpaired) electrons. The van der Waals surface area contributed by atoms with E-state index in [4.69, 9.17) is 9.47 Å². The van der Waals surface area contributed by atoms with Gasteiger partial charge in [-0.05, 0) is 43.2 Å². The number of rotatable bonds is 11. The maximum absolute atomic E-state index is 12.9. The van der Waals surface area contributed by atoms with Gasteiger partial charge in [0.25, 0.3) is 0 Å². The first-order valence-electron chi connectivity index (χ1n) is 10.9. The Hall–Kier alpha value is -3.10. The van der Waals surface area contributed by atoms with Crippen molar-refractivity contribution in [3.05, 3.63) is 87.8 Å². The van der Waals surface area contributed by atoms with E-state index < -0.39 is 10.0 Å². The number of nitrogens with one attached hydrogen (secondary N) is 1. The highest BCUT2D eigenvalue weighted by molar-refractivity contribution is 7.89. The topological polar surface area (TPSA) is 86.6 Å². The summed E-state index contributed by atoms with van der Waals surface area (Å²) in [5.41, 5.74) is 1.93. The van der Waals surface area contributed by atoms with E-state index in [0.717, 1.165) is 24.1 Å². The molecule has 0 saturated carbocycles. The quantitative estimate of drug-likeness (QED) is 0.457. The van der Waals surface area contributed by atoms with E-state index >= 15 is 0 Å². The third kappa shape index (κ3) is 6.24. The van der Waals surface area contributed by atoms with Gasteiger partial charge in [-0.15, -0.1) is 0 Å². The lowest BCUT2D eigenvalue weighted by Crippen LogP contribution is -2.28. The lowest BCUT2D eigenvalue weighted by molar-refractivity contribution is 0.294. The van der Waals surface area contributed by atoms with E-state index in [1.54, 1.807) is 12.1 Å². The Morgan fingerprint density at radius 1 is 1.03 bits per heavy atom. The Bertz CT molecular complexity index is 1220. The molecule has 0 aliphatic rings. The highest BCUT2D eigenvalue weighted by Gasteiger charge is 2.20. The highest BCUT2D eigenvalue weighted by Crippen LogP contribution is 2.21. The molecule has 1 aromatic heterocycles. The van der Waals surface area contributed by atoms with Crippen LogP contribution in [0.4, 0.5) is 0 Å². The summed E-state index contributed by atoms with van der Waals surface area (Å²) in [6.07, 6.45) is 1.85. The number of aromatic nitrogens is 1. The van der Waals surface area contributed by atoms with Crippen LogP contribution in [0, 0.1) is 6.92 Å². The molecule has 33 heavy (non-hydrogen) atoms. The number of benzene rings is 2. The Labute approximate surface area is 195 Å². The molecule has 0 saturated heterocycles. The van der Waals surface area contributed by atoms with Gasteiger partial charge in [-0.2, -0.15) is 0 Å². The fourth-order valence-electron chi connectivity index (χ4n) is 3.50. The Morgan fingerprint density at radius 2 is 1.73 bits per heavy atom. The average molecular weight is 471 g/mol. The number of hydrogen-bond donors (Lipinski definition) is 1. The minimum Gasteiger partial charge on any atom is -0.497 e. The predicted molar refractivity (Wildman–Crippen MR) is 128 cm³/mol. The maximum atomic E-state index is 12.9. The van der Waals surface area contributed by atoms with Gasteiger partial charge in [-0.25, -0.2) is 13.1 Å². The molecule has 0 fully saturated rings. The molecule has 0 aliphatic carbocycles. The van der Waals surface area contributed by atoms with Gasteiger partial charge in [0.2, 0.25) is 15.5 Å². The zero-order valence-corrected chi connectivity index (χ0v) is 20.0. The molecule has 0 aliphatic heterocycles. The zero-order valence-electron chi connectivity index (χ0n) is 19.2. The van der Waals surface area contributed by atoms with E-state index in [0.29, 0.717) is 18.0 Å². The van der Waals surface area contributed by atoms with E-state index in [9.17, 15) is 13.2 Å². The molecule has 2 aromatic carbocycles. The Kier molecular flexibility index (Phi) is 8.30. The minimum absolute atomic E-state index is 0.0703. The van der Waals surface area contributed by atoms with Crippen LogP contribution in [0.1, 0.15) is 36.7 Å². The van der Waals surface area contributed by atoms with E-state index in [1.165, 1.54) is 25.3 Å². The van der Waals surface area contributed by atoms with Gasteiger partial charge >= 0.3 is 0 Å². The molecule has 176 valence electrons. The van der Waals surface area contributed by atoms with E-state index in [1.807, 2.05) is 41.8 Å². The van der Waals surface area contributed by atoms with Gasteiger partial charge in [0.15, 0.2) is 5.75 Å². The normalized spacial score (nSPS) is 11.4. The fourth-order valence-corrected chi connectivity index (χ4v) is 4.49. The second-order valence-corrected chi connectivity index (χ2v) is 9.47. The Balaban J connectivity index is 1.93. The first-order valence-corrected chi connectivity index (χ1v) is 12.4. The largest absolute Gasteiger partial charge is 0.497 e. The van der Waals surface area contributed by atoms with Gasteiger partial charge in [0.1, 0.15) is 12.4 Å². The summed E-state index contributed by atoms with van der Waals surface area (Å²) < 4.78 is 41.5. The second kappa shape index (κ2) is 11.2. The van der Waals surface area contributed by atoms with Crippen LogP contribution in [-0.4, -0.2) is 20.1 Å². The van der Waals surface area contributed by atoms with Gasteiger partial charge in [-0.1, -0.05) is 43.7 Å². The van der Waals surface area contributed by atoms with Gasteiger partial charge in [0.05, 0.1) is 24.2 Å². The molecular formula is C25H30N2O5S. The summed E-state index contributed by atoms with van der Waals surface area (Å²) in [4.78, 5) is 13.0. The molecule has 1 N–H and O–H groups in total. The third-order valence-corrected chi connectivity index (χ3v) is 6.76. The SMILES string of the molecule is CCCCn1c(C)cc(=O)c(OCc2ccccc2)c1CNS(=O)(=O)c1ccc(OC)cc1. The van der Waals surface area contributed by atoms with Crippen LogP contribution >= 0.6 is 0 Å². The number of unbranched alkanes of at least 4 members (excludes halogenated alkanes) is 1. The number of methoxy groups -OCH3 is 1. The standard InChI is InChI=1S/C25H30N2O5S/c1-4-5-15-27-19(2)16-24(28)25(32-18-20-9-7-6-8-10-20)23(27)17-26-33(29,30)22-13-11-21(31-3)12-14-22/h6-14,16,26H,4-5,15,17-18H2,1-3H3. The van der Waals surface area contributed by atoms with Crippen LogP contribution < -0.4 is 19.6 Å². The zero-order chi connectivity index (χ0) is 23.8. The molecule has 3 aromatic rings. The highest BCUT2D eigenvalue weighted by atomic mass is 32.2. The van der Waals surface area contributed by atoms with Crippen molar-refractivity contribution in [3.8, 4) is 11.5 Å². The number of ether oxygens (including phenoxy) is 2. The summed E-state index contributed by atoms with van der Waals surface area (Å²) in [6, 6.07) is 17.2. The summed E-state index contributed by atoms with van der Waals surface area (Å²) >= 11 is 0. The van der Waals surface area contributed by atoms with E-state index in [2.05, 4.69) is 11.6 Å². The molecule has 8 heteroatoms. The van der Waals surface area contributed by atoms with Crippen molar-refractivity contribution in [2.75, 3.05) is 7.11 Å². The van der Waals surface area contributed by atoms with Crippen LogP contribution in [0.2, 0.25) is 0 Å². The molecule has 1 heterocycles. The first kappa shape index (κ1) is 24.5. The van der Waals surface area contributed by atoms with Gasteiger partial charge in [-0.3, -0.25) is 4.79 Å². The van der Waals surface area contributed by atoms with Crippen molar-refractivity contribution < 1.29 is 17.9 Å². The van der Waals surface area contributed by atoms with Crippen molar-refractivity contribution in [2.24, 2.45) is 0 Å². The number of pyridine rings is 1. The maximum Gasteiger partial charge on any atom is 0.240 e. The molecule has 0 unspecified atom stereocenters. The van der Waals surface area contributed by atoms with Crippen molar-refractivity contribution >= 4 is 10.0 Å². The Morgan fingerprint density at radius 3 is 2.36 bits per heavy atom. The molecule has 3 rings (SSSR count). The lowest BCUT2D eigenvalue weighted by Gasteiger charge is -2.21. The van der Waals surface area contributed by atoms with E-state index in [-0.39, 0.29) is 29.2 Å². The summed E-state index contributed by atoms with van der Waals surface area (Å²) in [7, 11) is -2.29. The van der Waals surface area contributed by atoms with Crippen LogP contribution in [0.5, 0.6) is 11.5 Å². The molecule has 0 bridgehead atoms. The van der Waals surface area contributed by atoms with Crippen molar-refractivity contribution in [2.45, 2.75) is 51.3 Å². The van der Waals surface area contributed by atoms with Gasteiger partial charge in [0, 0.05) is 18.3 Å². The third-order valence-electron chi connectivity index (χ3n) is 5.34. The summed E-state index contributed by atoms with van der Waals surface area (Å²) in [5, 5.41) is 0. The smallest absolute Gasteiger partial charge is 0.240 e. The van der Waals surface area contributed by atoms with Crippen molar-refractivity contribution in [1.29, 1.82) is 0 Å². The molecule has 0 spiro atoms. The van der Waals surface area contributed by atoms with Crippen molar-refractivity contribution in [1.82, 2.24) is 9.29 Å². The fraction of sp³-hybridized carbons (Fsp3) is 0.320. The molecule has 0 amide bonds. The monoisotopic (exact) mass is 470 g/mol. The number of hydrogen-bond acceptors (Lipinski definition) is 5. The second-order valence-electron chi connectivity index (χ2n) is 7.71.